The fourth-order valence-electron chi connectivity index (χ4n) is 1.99. The number of aliphatic carboxylic acids is 1. The van der Waals surface area contributed by atoms with Gasteiger partial charge in [-0.15, -0.1) is 0 Å². The van der Waals surface area contributed by atoms with Crippen LogP contribution in [0.4, 0.5) is 0 Å². The molecule has 0 saturated heterocycles. The van der Waals surface area contributed by atoms with Crippen LogP contribution in [0.25, 0.3) is 0 Å². The van der Waals surface area contributed by atoms with Crippen molar-refractivity contribution >= 4 is 11.8 Å². The van der Waals surface area contributed by atoms with Gasteiger partial charge in [0.1, 0.15) is 5.75 Å². The van der Waals surface area contributed by atoms with E-state index in [4.69, 9.17) is 4.74 Å². The Kier molecular flexibility index (Phi) is 10.1. The molecule has 126 valence electrons. The van der Waals surface area contributed by atoms with Crippen LogP contribution in [0.1, 0.15) is 44.0 Å². The summed E-state index contributed by atoms with van der Waals surface area (Å²) in [5, 5.41) is 9.23. The van der Waals surface area contributed by atoms with Crippen LogP contribution in [-0.2, 0) is 4.79 Å². The second-order valence-corrected chi connectivity index (χ2v) is 4.75. The van der Waals surface area contributed by atoms with Gasteiger partial charge in [0.15, 0.2) is 5.78 Å². The number of hydrogen-bond donors (Lipinski definition) is 1. The first kappa shape index (κ1) is 20.6. The topological polar surface area (TPSA) is 63.6 Å². The van der Waals surface area contributed by atoms with E-state index in [-0.39, 0.29) is 18.6 Å². The van der Waals surface area contributed by atoms with Gasteiger partial charge in [-0.2, -0.15) is 0 Å². The predicted octanol–water partition coefficient (Wildman–Crippen LogP) is 4.52. The highest BCUT2D eigenvalue weighted by atomic mass is 16.5. The number of hydrogen-bond acceptors (Lipinski definition) is 3. The van der Waals surface area contributed by atoms with E-state index in [2.05, 4.69) is 6.58 Å². The molecule has 4 heteroatoms. The Morgan fingerprint density at radius 1 is 1.22 bits per heavy atom. The molecule has 1 aromatic rings. The molecule has 0 aliphatic carbocycles. The smallest absolute Gasteiger partial charge is 0.307 e. The maximum Gasteiger partial charge on any atom is 0.307 e. The van der Waals surface area contributed by atoms with E-state index in [1.807, 2.05) is 20.8 Å². The molecule has 1 rings (SSSR count). The Morgan fingerprint density at radius 3 is 2.22 bits per heavy atom. The molecule has 0 fully saturated rings. The van der Waals surface area contributed by atoms with Crippen LogP contribution in [0, 0.1) is 5.92 Å². The van der Waals surface area contributed by atoms with Crippen LogP contribution < -0.4 is 4.74 Å². The van der Waals surface area contributed by atoms with E-state index in [1.165, 1.54) is 0 Å². The van der Waals surface area contributed by atoms with E-state index in [1.54, 1.807) is 43.5 Å². The number of carbonyl (C=O) groups excluding carboxylic acids is 1. The fraction of sp³-hybridized carbons (Fsp3) is 0.368. The van der Waals surface area contributed by atoms with Gasteiger partial charge in [-0.3, -0.25) is 9.59 Å². The third-order valence-electron chi connectivity index (χ3n) is 3.10. The Labute approximate surface area is 138 Å². The summed E-state index contributed by atoms with van der Waals surface area (Å²) in [6.45, 7) is 9.63. The normalized spacial score (nSPS) is 11.3. The van der Waals surface area contributed by atoms with Crippen molar-refractivity contribution in [2.24, 2.45) is 5.92 Å². The van der Waals surface area contributed by atoms with E-state index < -0.39 is 11.9 Å². The number of Topliss-reactive ketones (excluding diaryl/α,β-unsaturated/α-hetero) is 1. The van der Waals surface area contributed by atoms with Crippen LogP contribution >= 0.6 is 0 Å². The lowest BCUT2D eigenvalue weighted by molar-refractivity contribution is -0.141. The molecule has 0 amide bonds. The van der Waals surface area contributed by atoms with Gasteiger partial charge in [0.05, 0.1) is 13.0 Å². The molecule has 4 nitrogen and oxygen atoms in total. The average Bonchev–Trinajstić information content (AvgIpc) is 2.56. The molecule has 0 aliphatic rings. The summed E-state index contributed by atoms with van der Waals surface area (Å²) in [6, 6.07) is 6.64. The zero-order valence-corrected chi connectivity index (χ0v) is 14.3. The van der Waals surface area contributed by atoms with Crippen molar-refractivity contribution in [1.29, 1.82) is 0 Å². The van der Waals surface area contributed by atoms with Crippen LogP contribution in [-0.4, -0.2) is 24.0 Å². The molecule has 0 heterocycles. The Morgan fingerprint density at radius 2 is 1.78 bits per heavy atom. The summed E-state index contributed by atoms with van der Waals surface area (Å²) in [5.74, 6) is -1.29. The Bertz CT molecular complexity index is 541. The number of allylic oxidation sites excluding steroid dienone is 3. The van der Waals surface area contributed by atoms with E-state index in [0.717, 1.165) is 0 Å². The number of carbonyl (C=O) groups is 2. The van der Waals surface area contributed by atoms with Crippen molar-refractivity contribution in [2.45, 2.75) is 33.6 Å². The zero-order valence-electron chi connectivity index (χ0n) is 14.3. The van der Waals surface area contributed by atoms with Crippen LogP contribution in [0.15, 0.2) is 48.6 Å². The quantitative estimate of drug-likeness (QED) is 0.565. The summed E-state index contributed by atoms with van der Waals surface area (Å²) in [4.78, 5) is 23.4. The third kappa shape index (κ3) is 7.45. The van der Waals surface area contributed by atoms with Crippen molar-refractivity contribution in [2.75, 3.05) is 7.11 Å². The highest BCUT2D eigenvalue weighted by molar-refractivity contribution is 5.98. The third-order valence-corrected chi connectivity index (χ3v) is 3.10. The van der Waals surface area contributed by atoms with Crippen molar-refractivity contribution in [3.8, 4) is 5.75 Å². The first-order chi connectivity index (χ1) is 11.0. The van der Waals surface area contributed by atoms with E-state index >= 15 is 0 Å². The lowest BCUT2D eigenvalue weighted by Crippen LogP contribution is -2.18. The van der Waals surface area contributed by atoms with Gasteiger partial charge in [-0.05, 0) is 37.6 Å². The highest BCUT2D eigenvalue weighted by Crippen LogP contribution is 2.20. The molecule has 1 unspecified atom stereocenters. The first-order valence-electron chi connectivity index (χ1n) is 7.68. The maximum absolute atomic E-state index is 12.1. The second-order valence-electron chi connectivity index (χ2n) is 4.75. The minimum atomic E-state index is -0.984. The Hall–Kier alpha value is -2.36. The summed E-state index contributed by atoms with van der Waals surface area (Å²) < 4.78 is 5.02. The van der Waals surface area contributed by atoms with Gasteiger partial charge < -0.3 is 9.84 Å². The molecule has 0 saturated carbocycles. The Balaban J connectivity index is 0.00000232. The molecule has 0 bridgehead atoms. The molecular weight excluding hydrogens is 292 g/mol. The second kappa shape index (κ2) is 11.2. The van der Waals surface area contributed by atoms with Crippen molar-refractivity contribution < 1.29 is 19.4 Å². The minimum Gasteiger partial charge on any atom is -0.497 e. The fourth-order valence-corrected chi connectivity index (χ4v) is 1.99. The van der Waals surface area contributed by atoms with Gasteiger partial charge in [-0.25, -0.2) is 0 Å². The standard InChI is InChI=1S/C17H20O4.C2H6/c1-4-5-12(2)10-14(17(19)20)11-16(18)13-6-8-15(21-3)9-7-13;1-2/h4-9,14H,2,10-11H2,1,3H3,(H,19,20);1-2H3/b5-4-;. The summed E-state index contributed by atoms with van der Waals surface area (Å²) in [7, 11) is 1.55. The number of rotatable bonds is 8. The number of ketones is 1. The van der Waals surface area contributed by atoms with Crippen LogP contribution in [0.5, 0.6) is 5.75 Å². The number of carboxylic acids is 1. The average molecular weight is 318 g/mol. The number of methoxy groups -OCH3 is 1. The molecule has 0 spiro atoms. The number of benzene rings is 1. The predicted molar refractivity (Wildman–Crippen MR) is 93.0 cm³/mol. The number of ether oxygens (including phenoxy) is 1. The van der Waals surface area contributed by atoms with E-state index in [9.17, 15) is 14.7 Å². The van der Waals surface area contributed by atoms with Crippen LogP contribution in [0.2, 0.25) is 0 Å². The van der Waals surface area contributed by atoms with Gasteiger partial charge in [0.25, 0.3) is 0 Å². The van der Waals surface area contributed by atoms with Crippen LogP contribution in [0.3, 0.4) is 0 Å². The van der Waals surface area contributed by atoms with Crippen molar-refractivity contribution in [3.05, 3.63) is 54.1 Å². The highest BCUT2D eigenvalue weighted by Gasteiger charge is 2.22. The first-order valence-corrected chi connectivity index (χ1v) is 7.68. The minimum absolute atomic E-state index is 0.0434. The SMILES string of the molecule is C=C(/C=C\C)CC(CC(=O)c1ccc(OC)cc1)C(=O)O.CC. The molecule has 0 aromatic heterocycles. The van der Waals surface area contributed by atoms with Gasteiger partial charge in [-0.1, -0.05) is 38.2 Å². The molecule has 0 radical (unpaired) electrons. The summed E-state index contributed by atoms with van der Waals surface area (Å²) >= 11 is 0. The van der Waals surface area contributed by atoms with Gasteiger partial charge >= 0.3 is 5.97 Å². The monoisotopic (exact) mass is 318 g/mol. The molecular formula is C19H26O4. The maximum atomic E-state index is 12.1. The molecule has 0 aliphatic heterocycles. The van der Waals surface area contributed by atoms with E-state index in [0.29, 0.717) is 16.9 Å². The lowest BCUT2D eigenvalue weighted by Gasteiger charge is -2.12. The largest absolute Gasteiger partial charge is 0.497 e. The summed E-state index contributed by atoms with van der Waals surface area (Å²) in [6.07, 6.45) is 3.78. The molecule has 1 atom stereocenters. The zero-order chi connectivity index (χ0) is 17.8. The summed E-state index contributed by atoms with van der Waals surface area (Å²) in [5.41, 5.74) is 1.19. The molecule has 23 heavy (non-hydrogen) atoms. The van der Waals surface area contributed by atoms with Crippen molar-refractivity contribution in [3.63, 3.8) is 0 Å². The lowest BCUT2D eigenvalue weighted by atomic mass is 9.92. The molecule has 1 aromatic carbocycles. The number of carboxylic acid groups (broad SMARTS) is 1. The molecule has 1 N–H and O–H groups in total. The van der Waals surface area contributed by atoms with Gasteiger partial charge in [0.2, 0.25) is 0 Å². The van der Waals surface area contributed by atoms with Gasteiger partial charge in [0, 0.05) is 12.0 Å². The van der Waals surface area contributed by atoms with Crippen molar-refractivity contribution in [1.82, 2.24) is 0 Å².